The monoisotopic (exact) mass is 285 g/mol. The number of aliphatic carboxylic acids is 1. The Morgan fingerprint density at radius 3 is 2.33 bits per heavy atom. The number of hydrogen-bond acceptors (Lipinski definition) is 4. The lowest BCUT2D eigenvalue weighted by Crippen LogP contribution is -2.22. The lowest BCUT2D eigenvalue weighted by Gasteiger charge is -2.09. The third-order valence-electron chi connectivity index (χ3n) is 2.75. The summed E-state index contributed by atoms with van der Waals surface area (Å²) >= 11 is 0. The van der Waals surface area contributed by atoms with Gasteiger partial charge < -0.3 is 14.9 Å². The summed E-state index contributed by atoms with van der Waals surface area (Å²) in [6.45, 7) is 1.47. The second-order valence-electron chi connectivity index (χ2n) is 4.44. The van der Waals surface area contributed by atoms with Crippen molar-refractivity contribution < 1.29 is 19.7 Å². The summed E-state index contributed by atoms with van der Waals surface area (Å²) in [5, 5.41) is 17.9. The third-order valence-corrected chi connectivity index (χ3v) is 2.75. The molecular weight excluding hydrogens is 270 g/mol. The maximum atomic E-state index is 10.7. The zero-order valence-corrected chi connectivity index (χ0v) is 11.4. The molecule has 21 heavy (non-hydrogen) atoms. The van der Waals surface area contributed by atoms with E-state index in [1.54, 1.807) is 54.7 Å². The Balaban J connectivity index is 2.02. The Bertz CT molecular complexity index is 632. The van der Waals surface area contributed by atoms with Crippen LogP contribution in [0.3, 0.4) is 0 Å². The van der Waals surface area contributed by atoms with Gasteiger partial charge in [-0.15, -0.1) is 0 Å². The molecule has 0 aliphatic heterocycles. The molecule has 0 unspecified atom stereocenters. The molecule has 0 fully saturated rings. The zero-order chi connectivity index (χ0) is 15.2. The Hall–Kier alpha value is -2.82. The van der Waals surface area contributed by atoms with Crippen molar-refractivity contribution >= 4 is 17.9 Å². The molecule has 0 aliphatic carbocycles. The van der Waals surface area contributed by atoms with E-state index in [0.717, 1.165) is 11.3 Å². The number of phenolic OH excluding ortho intramolecular Hbond substituents is 1. The van der Waals surface area contributed by atoms with Crippen molar-refractivity contribution in [2.45, 2.75) is 13.0 Å². The van der Waals surface area contributed by atoms with Gasteiger partial charge in [-0.25, -0.2) is 4.79 Å². The number of carboxylic acids is 1. The van der Waals surface area contributed by atoms with Crippen LogP contribution in [0.2, 0.25) is 0 Å². The van der Waals surface area contributed by atoms with Gasteiger partial charge in [0.15, 0.2) is 6.10 Å². The van der Waals surface area contributed by atoms with Crippen LogP contribution < -0.4 is 4.74 Å². The lowest BCUT2D eigenvalue weighted by molar-refractivity contribution is -0.144. The van der Waals surface area contributed by atoms with Gasteiger partial charge in [-0.3, -0.25) is 4.99 Å². The van der Waals surface area contributed by atoms with Gasteiger partial charge >= 0.3 is 5.97 Å². The fourth-order valence-electron chi connectivity index (χ4n) is 1.57. The first-order valence-electron chi connectivity index (χ1n) is 6.37. The summed E-state index contributed by atoms with van der Waals surface area (Å²) in [5.41, 5.74) is 1.59. The molecule has 0 amide bonds. The fraction of sp³-hybridized carbons (Fsp3) is 0.125. The van der Waals surface area contributed by atoms with Crippen molar-refractivity contribution in [2.75, 3.05) is 0 Å². The molecule has 0 saturated carbocycles. The second kappa shape index (κ2) is 6.56. The summed E-state index contributed by atoms with van der Waals surface area (Å²) < 4.78 is 5.23. The smallest absolute Gasteiger partial charge is 0.344 e. The number of nitrogens with zero attached hydrogens (tertiary/aromatic N) is 1. The minimum Gasteiger partial charge on any atom is -0.508 e. The van der Waals surface area contributed by atoms with Crippen molar-refractivity contribution in [3.05, 3.63) is 54.1 Å². The standard InChI is InChI=1S/C16H15NO4/c1-11(16(19)20)21-15-8-2-12(3-9-15)10-17-13-4-6-14(18)7-5-13/h2-11,18H,1H3,(H,19,20)/t11-/m1/s1. The van der Waals surface area contributed by atoms with Crippen LogP contribution in [-0.4, -0.2) is 28.5 Å². The van der Waals surface area contributed by atoms with Gasteiger partial charge in [0.25, 0.3) is 0 Å². The lowest BCUT2D eigenvalue weighted by atomic mass is 10.2. The normalized spacial score (nSPS) is 12.2. The SMILES string of the molecule is C[C@@H](Oc1ccc(C=Nc2ccc(O)cc2)cc1)C(=O)O. The fourth-order valence-corrected chi connectivity index (χ4v) is 1.57. The predicted octanol–water partition coefficient (Wildman–Crippen LogP) is 2.99. The molecule has 0 saturated heterocycles. The van der Waals surface area contributed by atoms with E-state index in [2.05, 4.69) is 4.99 Å². The molecule has 2 rings (SSSR count). The van der Waals surface area contributed by atoms with Crippen LogP contribution in [0.4, 0.5) is 5.69 Å². The molecule has 2 aromatic rings. The summed E-state index contributed by atoms with van der Waals surface area (Å²) in [4.78, 5) is 15.0. The van der Waals surface area contributed by atoms with Gasteiger partial charge in [0, 0.05) is 6.21 Å². The minimum absolute atomic E-state index is 0.197. The zero-order valence-electron chi connectivity index (χ0n) is 11.4. The summed E-state index contributed by atoms with van der Waals surface area (Å²) in [7, 11) is 0. The number of ether oxygens (including phenoxy) is 1. The molecule has 108 valence electrons. The van der Waals surface area contributed by atoms with Crippen LogP contribution in [0.1, 0.15) is 12.5 Å². The molecule has 2 aromatic carbocycles. The van der Waals surface area contributed by atoms with Crippen LogP contribution >= 0.6 is 0 Å². The highest BCUT2D eigenvalue weighted by Crippen LogP contribution is 2.17. The number of phenols is 1. The third kappa shape index (κ3) is 4.35. The predicted molar refractivity (Wildman–Crippen MR) is 79.5 cm³/mol. The average molecular weight is 285 g/mol. The molecule has 5 nitrogen and oxygen atoms in total. The molecule has 2 N–H and O–H groups in total. The topological polar surface area (TPSA) is 79.1 Å². The highest BCUT2D eigenvalue weighted by atomic mass is 16.5. The van der Waals surface area contributed by atoms with E-state index < -0.39 is 12.1 Å². The van der Waals surface area contributed by atoms with Crippen molar-refractivity contribution in [3.63, 3.8) is 0 Å². The summed E-state index contributed by atoms with van der Waals surface area (Å²) in [6, 6.07) is 13.5. The molecule has 0 radical (unpaired) electrons. The first-order valence-corrected chi connectivity index (χ1v) is 6.37. The van der Waals surface area contributed by atoms with Gasteiger partial charge in [0.05, 0.1) is 5.69 Å². The van der Waals surface area contributed by atoms with Gasteiger partial charge in [0.2, 0.25) is 0 Å². The Morgan fingerprint density at radius 2 is 1.76 bits per heavy atom. The van der Waals surface area contributed by atoms with Crippen LogP contribution in [-0.2, 0) is 4.79 Å². The minimum atomic E-state index is -1.01. The highest BCUT2D eigenvalue weighted by Gasteiger charge is 2.11. The average Bonchev–Trinajstić information content (AvgIpc) is 2.48. The van der Waals surface area contributed by atoms with E-state index >= 15 is 0 Å². The van der Waals surface area contributed by atoms with Crippen LogP contribution in [0.5, 0.6) is 11.5 Å². The molecule has 0 heterocycles. The van der Waals surface area contributed by atoms with E-state index in [1.165, 1.54) is 6.92 Å². The van der Waals surface area contributed by atoms with Crippen LogP contribution in [0.15, 0.2) is 53.5 Å². The number of carbonyl (C=O) groups is 1. The molecule has 0 aromatic heterocycles. The van der Waals surface area contributed by atoms with Crippen molar-refractivity contribution in [1.29, 1.82) is 0 Å². The van der Waals surface area contributed by atoms with E-state index in [9.17, 15) is 9.90 Å². The van der Waals surface area contributed by atoms with Crippen LogP contribution in [0, 0.1) is 0 Å². The van der Waals surface area contributed by atoms with E-state index in [4.69, 9.17) is 9.84 Å². The number of hydrogen-bond donors (Lipinski definition) is 2. The Morgan fingerprint density at radius 1 is 1.14 bits per heavy atom. The summed E-state index contributed by atoms with van der Waals surface area (Å²) in [6.07, 6.45) is 0.790. The number of carboxylic acid groups (broad SMARTS) is 1. The Kier molecular flexibility index (Phi) is 4.56. The number of rotatable bonds is 5. The van der Waals surface area contributed by atoms with E-state index in [1.807, 2.05) is 0 Å². The highest BCUT2D eigenvalue weighted by molar-refractivity contribution is 5.82. The quantitative estimate of drug-likeness (QED) is 0.828. The number of aromatic hydroxyl groups is 1. The summed E-state index contributed by atoms with van der Waals surface area (Å²) in [5.74, 6) is -0.317. The maximum absolute atomic E-state index is 10.7. The largest absolute Gasteiger partial charge is 0.508 e. The van der Waals surface area contributed by atoms with Crippen molar-refractivity contribution in [1.82, 2.24) is 0 Å². The number of aliphatic imine (C=N–C) groups is 1. The van der Waals surface area contributed by atoms with Gasteiger partial charge in [-0.2, -0.15) is 0 Å². The second-order valence-corrected chi connectivity index (χ2v) is 4.44. The molecule has 1 atom stereocenters. The Labute approximate surface area is 122 Å². The first-order chi connectivity index (χ1) is 10.0. The molecule has 0 aliphatic rings. The number of benzene rings is 2. The molecular formula is C16H15NO4. The molecule has 5 heteroatoms. The molecule has 0 spiro atoms. The van der Waals surface area contributed by atoms with Crippen molar-refractivity contribution in [2.24, 2.45) is 4.99 Å². The van der Waals surface area contributed by atoms with Gasteiger partial charge in [-0.05, 0) is 61.0 Å². The molecule has 0 bridgehead atoms. The van der Waals surface area contributed by atoms with E-state index in [0.29, 0.717) is 5.75 Å². The first kappa shape index (κ1) is 14.6. The van der Waals surface area contributed by atoms with Gasteiger partial charge in [-0.1, -0.05) is 0 Å². The van der Waals surface area contributed by atoms with E-state index in [-0.39, 0.29) is 5.75 Å². The van der Waals surface area contributed by atoms with Gasteiger partial charge in [0.1, 0.15) is 11.5 Å². The maximum Gasteiger partial charge on any atom is 0.344 e. The van der Waals surface area contributed by atoms with Crippen molar-refractivity contribution in [3.8, 4) is 11.5 Å². The van der Waals surface area contributed by atoms with Crippen LogP contribution in [0.25, 0.3) is 0 Å².